The van der Waals surface area contributed by atoms with E-state index in [2.05, 4.69) is 0 Å². The van der Waals surface area contributed by atoms with Crippen molar-refractivity contribution >= 4 is 21.7 Å². The highest BCUT2D eigenvalue weighted by molar-refractivity contribution is 7.92. The second kappa shape index (κ2) is 8.01. The zero-order chi connectivity index (χ0) is 19.3. The van der Waals surface area contributed by atoms with Crippen LogP contribution in [0.1, 0.15) is 0 Å². The van der Waals surface area contributed by atoms with Crippen LogP contribution < -0.4 is 9.04 Å². The van der Waals surface area contributed by atoms with E-state index in [-0.39, 0.29) is 10.6 Å². The standard InChI is InChI=1S/C20H16FNO4S/c21-16-11-13-18(14-12-16)26-20(23)15-22(17-7-3-1-4-8-17)27(24,25)19-9-5-2-6-10-19/h1-14H,15H2. The highest BCUT2D eigenvalue weighted by Crippen LogP contribution is 2.23. The Bertz CT molecular complexity index is 1010. The Hall–Kier alpha value is -3.19. The molecule has 0 heterocycles. The van der Waals surface area contributed by atoms with Gasteiger partial charge in [-0.2, -0.15) is 0 Å². The number of hydrogen-bond donors (Lipinski definition) is 0. The molecule has 0 fully saturated rings. The minimum Gasteiger partial charge on any atom is -0.425 e. The molecule has 0 N–H and O–H groups in total. The molecule has 5 nitrogen and oxygen atoms in total. The molecule has 0 amide bonds. The van der Waals surface area contributed by atoms with Crippen LogP contribution in [0.2, 0.25) is 0 Å². The molecule has 0 spiro atoms. The Morgan fingerprint density at radius 1 is 0.852 bits per heavy atom. The number of hydrogen-bond acceptors (Lipinski definition) is 4. The van der Waals surface area contributed by atoms with Gasteiger partial charge in [-0.05, 0) is 48.5 Å². The molecule has 0 aliphatic carbocycles. The molecule has 0 radical (unpaired) electrons. The summed E-state index contributed by atoms with van der Waals surface area (Å²) in [5, 5.41) is 0. The van der Waals surface area contributed by atoms with Gasteiger partial charge in [-0.15, -0.1) is 0 Å². The zero-order valence-corrected chi connectivity index (χ0v) is 15.0. The monoisotopic (exact) mass is 385 g/mol. The number of nitrogens with zero attached hydrogens (tertiary/aromatic N) is 1. The summed E-state index contributed by atoms with van der Waals surface area (Å²) in [7, 11) is -3.98. The summed E-state index contributed by atoms with van der Waals surface area (Å²) in [5.74, 6) is -1.12. The van der Waals surface area contributed by atoms with Gasteiger partial charge in [0.05, 0.1) is 10.6 Å². The van der Waals surface area contributed by atoms with Gasteiger partial charge in [0.2, 0.25) is 0 Å². The second-order valence-corrected chi connectivity index (χ2v) is 7.45. The quantitative estimate of drug-likeness (QED) is 0.480. The van der Waals surface area contributed by atoms with Gasteiger partial charge >= 0.3 is 5.97 Å². The Morgan fingerprint density at radius 3 is 2.00 bits per heavy atom. The molecule has 0 aliphatic rings. The Kier molecular flexibility index (Phi) is 5.52. The SMILES string of the molecule is O=C(CN(c1ccccc1)S(=O)(=O)c1ccccc1)Oc1ccc(F)cc1. The van der Waals surface area contributed by atoms with Gasteiger partial charge in [-0.25, -0.2) is 17.6 Å². The van der Waals surface area contributed by atoms with Gasteiger partial charge in [0, 0.05) is 0 Å². The van der Waals surface area contributed by atoms with Gasteiger partial charge in [0.25, 0.3) is 10.0 Å². The number of carbonyl (C=O) groups excluding carboxylic acids is 1. The minimum absolute atomic E-state index is 0.0587. The Balaban J connectivity index is 1.89. The smallest absolute Gasteiger partial charge is 0.332 e. The lowest BCUT2D eigenvalue weighted by atomic mass is 10.3. The first kappa shape index (κ1) is 18.6. The molecule has 0 aromatic heterocycles. The van der Waals surface area contributed by atoms with E-state index in [0.717, 1.165) is 16.4 Å². The summed E-state index contributed by atoms with van der Waals surface area (Å²) in [6, 6.07) is 21.0. The van der Waals surface area contributed by atoms with Crippen LogP contribution in [0.5, 0.6) is 5.75 Å². The highest BCUT2D eigenvalue weighted by atomic mass is 32.2. The predicted molar refractivity (Wildman–Crippen MR) is 99.5 cm³/mol. The maximum atomic E-state index is 13.0. The predicted octanol–water partition coefficient (Wildman–Crippen LogP) is 3.63. The number of ether oxygens (including phenoxy) is 1. The fourth-order valence-electron chi connectivity index (χ4n) is 2.41. The molecular formula is C20H16FNO4S. The number of para-hydroxylation sites is 1. The maximum Gasteiger partial charge on any atom is 0.332 e. The molecule has 0 bridgehead atoms. The number of esters is 1. The molecule has 0 aliphatic heterocycles. The van der Waals surface area contributed by atoms with Crippen molar-refractivity contribution in [3.63, 3.8) is 0 Å². The van der Waals surface area contributed by atoms with Gasteiger partial charge in [-0.3, -0.25) is 4.31 Å². The molecule has 138 valence electrons. The van der Waals surface area contributed by atoms with Crippen LogP contribution in [0.3, 0.4) is 0 Å². The molecule has 3 aromatic rings. The summed E-state index contributed by atoms with van der Waals surface area (Å²) in [5.41, 5.74) is 0.331. The summed E-state index contributed by atoms with van der Waals surface area (Å²) < 4.78 is 45.2. The van der Waals surface area contributed by atoms with Crippen LogP contribution >= 0.6 is 0 Å². The first-order valence-corrected chi connectivity index (χ1v) is 9.50. The second-order valence-electron chi connectivity index (χ2n) is 5.59. The minimum atomic E-state index is -3.98. The molecule has 7 heteroatoms. The highest BCUT2D eigenvalue weighted by Gasteiger charge is 2.27. The van der Waals surface area contributed by atoms with Gasteiger partial charge in [0.15, 0.2) is 0 Å². The van der Waals surface area contributed by atoms with Gasteiger partial charge < -0.3 is 4.74 Å². The zero-order valence-electron chi connectivity index (χ0n) is 14.2. The molecule has 0 saturated heterocycles. The van der Waals surface area contributed by atoms with Crippen molar-refractivity contribution in [2.45, 2.75) is 4.90 Å². The van der Waals surface area contributed by atoms with Crippen molar-refractivity contribution in [1.82, 2.24) is 0 Å². The molecule has 3 aromatic carbocycles. The fourth-order valence-corrected chi connectivity index (χ4v) is 3.84. The summed E-state index contributed by atoms with van der Waals surface area (Å²) >= 11 is 0. The van der Waals surface area contributed by atoms with Crippen LogP contribution in [0.25, 0.3) is 0 Å². The largest absolute Gasteiger partial charge is 0.425 e. The summed E-state index contributed by atoms with van der Waals surface area (Å²) in [6.45, 7) is -0.529. The topological polar surface area (TPSA) is 63.7 Å². The van der Waals surface area contributed by atoms with E-state index in [0.29, 0.717) is 5.69 Å². The Labute approximate surface area is 156 Å². The number of rotatable bonds is 6. The summed E-state index contributed by atoms with van der Waals surface area (Å²) in [6.07, 6.45) is 0. The fraction of sp³-hybridized carbons (Fsp3) is 0.0500. The average molecular weight is 385 g/mol. The third-order valence-corrected chi connectivity index (χ3v) is 5.48. The van der Waals surface area contributed by atoms with Crippen LogP contribution in [-0.4, -0.2) is 20.9 Å². The lowest BCUT2D eigenvalue weighted by Gasteiger charge is -2.23. The van der Waals surface area contributed by atoms with E-state index in [1.807, 2.05) is 0 Å². The van der Waals surface area contributed by atoms with E-state index < -0.39 is 28.4 Å². The number of benzene rings is 3. The Morgan fingerprint density at radius 2 is 1.41 bits per heavy atom. The molecule has 0 saturated carbocycles. The maximum absolute atomic E-state index is 13.0. The normalized spacial score (nSPS) is 11.0. The van der Waals surface area contributed by atoms with Crippen molar-refractivity contribution in [1.29, 1.82) is 0 Å². The third-order valence-electron chi connectivity index (χ3n) is 3.69. The van der Waals surface area contributed by atoms with Crippen molar-refractivity contribution < 1.29 is 22.3 Å². The third kappa shape index (κ3) is 4.51. The number of sulfonamides is 1. The van der Waals surface area contributed by atoms with Crippen molar-refractivity contribution in [3.8, 4) is 5.75 Å². The van der Waals surface area contributed by atoms with E-state index >= 15 is 0 Å². The number of halogens is 1. The molecule has 0 unspecified atom stereocenters. The molecule has 27 heavy (non-hydrogen) atoms. The van der Waals surface area contributed by atoms with Crippen molar-refractivity contribution in [2.24, 2.45) is 0 Å². The van der Waals surface area contributed by atoms with E-state index in [1.165, 1.54) is 24.3 Å². The molecule has 0 atom stereocenters. The number of carbonyl (C=O) groups is 1. The van der Waals surface area contributed by atoms with Crippen LogP contribution in [0.15, 0.2) is 89.8 Å². The average Bonchev–Trinajstić information content (AvgIpc) is 2.69. The lowest BCUT2D eigenvalue weighted by molar-refractivity contribution is -0.132. The van der Waals surface area contributed by atoms with E-state index in [4.69, 9.17) is 4.74 Å². The summed E-state index contributed by atoms with van der Waals surface area (Å²) in [4.78, 5) is 12.4. The van der Waals surface area contributed by atoms with Crippen molar-refractivity contribution in [2.75, 3.05) is 10.8 Å². The lowest BCUT2D eigenvalue weighted by Crippen LogP contribution is -2.37. The van der Waals surface area contributed by atoms with Crippen molar-refractivity contribution in [3.05, 3.63) is 90.7 Å². The first-order valence-electron chi connectivity index (χ1n) is 8.06. The molecular weight excluding hydrogens is 369 g/mol. The van der Waals surface area contributed by atoms with Crippen LogP contribution in [-0.2, 0) is 14.8 Å². The number of anilines is 1. The van der Waals surface area contributed by atoms with Crippen LogP contribution in [0.4, 0.5) is 10.1 Å². The first-order chi connectivity index (χ1) is 13.0. The van der Waals surface area contributed by atoms with Gasteiger partial charge in [0.1, 0.15) is 18.1 Å². The van der Waals surface area contributed by atoms with Crippen LogP contribution in [0, 0.1) is 5.82 Å². The van der Waals surface area contributed by atoms with Gasteiger partial charge in [-0.1, -0.05) is 36.4 Å². The molecule has 3 rings (SSSR count). The van der Waals surface area contributed by atoms with E-state index in [9.17, 15) is 17.6 Å². The van der Waals surface area contributed by atoms with E-state index in [1.54, 1.807) is 48.5 Å².